The second-order valence-electron chi connectivity index (χ2n) is 3.25. The molecule has 82 valence electrons. The predicted octanol–water partition coefficient (Wildman–Crippen LogP) is 0.385. The molecule has 1 atom stereocenters. The van der Waals surface area contributed by atoms with E-state index in [-0.39, 0.29) is 12.5 Å². The minimum Gasteiger partial charge on any atom is -0.383 e. The van der Waals surface area contributed by atoms with Crippen molar-refractivity contribution in [3.63, 3.8) is 0 Å². The van der Waals surface area contributed by atoms with Crippen molar-refractivity contribution < 1.29 is 9.53 Å². The summed E-state index contributed by atoms with van der Waals surface area (Å²) in [4.78, 5) is 13.2. The molecule has 0 aliphatic carbocycles. The van der Waals surface area contributed by atoms with E-state index in [4.69, 9.17) is 10.5 Å². The molecule has 0 aromatic heterocycles. The Balaban J connectivity index is 3.79. The van der Waals surface area contributed by atoms with Crippen LogP contribution in [0.1, 0.15) is 12.8 Å². The lowest BCUT2D eigenvalue weighted by molar-refractivity contribution is -0.132. The molecule has 0 radical (unpaired) electrons. The number of nitrogens with zero attached hydrogens (tertiary/aromatic N) is 1. The molecule has 0 saturated carbocycles. The summed E-state index contributed by atoms with van der Waals surface area (Å²) in [5, 5.41) is 0. The summed E-state index contributed by atoms with van der Waals surface area (Å²) >= 11 is 0. The van der Waals surface area contributed by atoms with Gasteiger partial charge < -0.3 is 15.4 Å². The van der Waals surface area contributed by atoms with Crippen LogP contribution in [-0.2, 0) is 9.53 Å². The van der Waals surface area contributed by atoms with E-state index in [2.05, 4.69) is 6.58 Å². The molecule has 4 heteroatoms. The van der Waals surface area contributed by atoms with Crippen molar-refractivity contribution in [3.8, 4) is 0 Å². The highest BCUT2D eigenvalue weighted by atomic mass is 16.5. The lowest BCUT2D eigenvalue weighted by Crippen LogP contribution is -2.44. The standard InChI is InChI=1S/C10H20N2O2/c1-4-5-6-7-12(2)10(13)9(11)8-14-3/h4,9H,1,5-8,11H2,2-3H3. The number of rotatable bonds is 7. The third kappa shape index (κ3) is 4.99. The molecule has 0 saturated heterocycles. The Hall–Kier alpha value is -0.870. The topological polar surface area (TPSA) is 55.6 Å². The van der Waals surface area contributed by atoms with E-state index in [1.807, 2.05) is 6.08 Å². The average Bonchev–Trinajstić information content (AvgIpc) is 2.17. The van der Waals surface area contributed by atoms with Gasteiger partial charge in [0.1, 0.15) is 6.04 Å². The van der Waals surface area contributed by atoms with Crippen molar-refractivity contribution >= 4 is 5.91 Å². The summed E-state index contributed by atoms with van der Waals surface area (Å²) in [7, 11) is 3.28. The summed E-state index contributed by atoms with van der Waals surface area (Å²) in [6, 6.07) is -0.547. The molecule has 0 rings (SSSR count). The van der Waals surface area contributed by atoms with Crippen molar-refractivity contribution in [2.75, 3.05) is 27.3 Å². The first-order valence-corrected chi connectivity index (χ1v) is 4.73. The van der Waals surface area contributed by atoms with Crippen LogP contribution in [0.15, 0.2) is 12.7 Å². The van der Waals surface area contributed by atoms with Crippen molar-refractivity contribution in [2.45, 2.75) is 18.9 Å². The van der Waals surface area contributed by atoms with Gasteiger partial charge in [0.2, 0.25) is 5.91 Å². The molecule has 0 aromatic carbocycles. The van der Waals surface area contributed by atoms with Crippen molar-refractivity contribution in [2.24, 2.45) is 5.73 Å². The maximum atomic E-state index is 11.5. The van der Waals surface area contributed by atoms with Gasteiger partial charge in [0.25, 0.3) is 0 Å². The molecule has 0 aliphatic rings. The number of allylic oxidation sites excluding steroid dienone is 1. The molecule has 0 aliphatic heterocycles. The summed E-state index contributed by atoms with van der Waals surface area (Å²) in [5.74, 6) is -0.0732. The molecule has 2 N–H and O–H groups in total. The molecule has 1 unspecified atom stereocenters. The highest BCUT2D eigenvalue weighted by Crippen LogP contribution is 1.96. The van der Waals surface area contributed by atoms with Gasteiger partial charge in [-0.05, 0) is 12.8 Å². The molecule has 0 spiro atoms. The number of ether oxygens (including phenoxy) is 1. The zero-order chi connectivity index (χ0) is 11.0. The fourth-order valence-electron chi connectivity index (χ4n) is 1.12. The number of unbranched alkanes of at least 4 members (excludes halogenated alkanes) is 1. The van der Waals surface area contributed by atoms with Gasteiger partial charge in [-0.15, -0.1) is 6.58 Å². The number of nitrogens with two attached hydrogens (primary N) is 1. The van der Waals surface area contributed by atoms with Gasteiger partial charge in [0, 0.05) is 20.7 Å². The van der Waals surface area contributed by atoms with Crippen LogP contribution in [0.5, 0.6) is 0 Å². The minimum absolute atomic E-state index is 0.0732. The molecule has 0 fully saturated rings. The van der Waals surface area contributed by atoms with Crippen molar-refractivity contribution in [1.82, 2.24) is 4.90 Å². The molecular formula is C10H20N2O2. The van der Waals surface area contributed by atoms with Crippen LogP contribution in [0.4, 0.5) is 0 Å². The SMILES string of the molecule is C=CCCCN(C)C(=O)C(N)COC. The smallest absolute Gasteiger partial charge is 0.241 e. The summed E-state index contributed by atoms with van der Waals surface area (Å²) in [6.45, 7) is 4.60. The highest BCUT2D eigenvalue weighted by molar-refractivity contribution is 5.81. The van der Waals surface area contributed by atoms with E-state index in [1.165, 1.54) is 7.11 Å². The van der Waals surface area contributed by atoms with Crippen LogP contribution in [-0.4, -0.2) is 44.2 Å². The Morgan fingerprint density at radius 1 is 1.71 bits per heavy atom. The van der Waals surface area contributed by atoms with Gasteiger partial charge in [-0.1, -0.05) is 6.08 Å². The summed E-state index contributed by atoms with van der Waals surface area (Å²) < 4.78 is 4.81. The van der Waals surface area contributed by atoms with Gasteiger partial charge in [0.05, 0.1) is 6.61 Å². The van der Waals surface area contributed by atoms with Crippen LogP contribution in [0.3, 0.4) is 0 Å². The molecule has 14 heavy (non-hydrogen) atoms. The number of hydrogen-bond acceptors (Lipinski definition) is 3. The molecule has 1 amide bonds. The van der Waals surface area contributed by atoms with Crippen LogP contribution >= 0.6 is 0 Å². The van der Waals surface area contributed by atoms with E-state index >= 15 is 0 Å². The monoisotopic (exact) mass is 200 g/mol. The average molecular weight is 200 g/mol. The second-order valence-corrected chi connectivity index (χ2v) is 3.25. The first-order valence-electron chi connectivity index (χ1n) is 4.73. The number of carbonyl (C=O) groups excluding carboxylic acids is 1. The number of likely N-dealkylation sites (N-methyl/N-ethyl adjacent to an activating group) is 1. The predicted molar refractivity (Wildman–Crippen MR) is 56.9 cm³/mol. The van der Waals surface area contributed by atoms with Crippen LogP contribution in [0.25, 0.3) is 0 Å². The maximum absolute atomic E-state index is 11.5. The zero-order valence-corrected chi connectivity index (χ0v) is 9.03. The van der Waals surface area contributed by atoms with Crippen molar-refractivity contribution in [1.29, 1.82) is 0 Å². The van der Waals surface area contributed by atoms with E-state index in [0.717, 1.165) is 12.8 Å². The number of hydrogen-bond donors (Lipinski definition) is 1. The van der Waals surface area contributed by atoms with Crippen LogP contribution in [0.2, 0.25) is 0 Å². The molecule has 0 bridgehead atoms. The fraction of sp³-hybridized carbons (Fsp3) is 0.700. The Kier molecular flexibility index (Phi) is 7.06. The fourth-order valence-corrected chi connectivity index (χ4v) is 1.12. The van der Waals surface area contributed by atoms with Crippen molar-refractivity contribution in [3.05, 3.63) is 12.7 Å². The quantitative estimate of drug-likeness (QED) is 0.477. The Bertz CT molecular complexity index is 183. The second kappa shape index (κ2) is 7.53. The number of carbonyl (C=O) groups is 1. The highest BCUT2D eigenvalue weighted by Gasteiger charge is 2.16. The minimum atomic E-state index is -0.547. The first-order chi connectivity index (χ1) is 6.63. The van der Waals surface area contributed by atoms with Crippen LogP contribution < -0.4 is 5.73 Å². The Morgan fingerprint density at radius 2 is 2.36 bits per heavy atom. The van der Waals surface area contributed by atoms with E-state index in [1.54, 1.807) is 11.9 Å². The Labute approximate surface area is 85.7 Å². The summed E-state index contributed by atoms with van der Waals surface area (Å²) in [5.41, 5.74) is 5.60. The van der Waals surface area contributed by atoms with E-state index < -0.39 is 6.04 Å². The van der Waals surface area contributed by atoms with E-state index in [9.17, 15) is 4.79 Å². The molecule has 4 nitrogen and oxygen atoms in total. The van der Waals surface area contributed by atoms with Crippen LogP contribution in [0, 0.1) is 0 Å². The Morgan fingerprint density at radius 3 is 2.86 bits per heavy atom. The maximum Gasteiger partial charge on any atom is 0.241 e. The third-order valence-corrected chi connectivity index (χ3v) is 1.94. The molecule has 0 heterocycles. The first kappa shape index (κ1) is 13.1. The zero-order valence-electron chi connectivity index (χ0n) is 9.03. The third-order valence-electron chi connectivity index (χ3n) is 1.94. The summed E-state index contributed by atoms with van der Waals surface area (Å²) in [6.07, 6.45) is 3.68. The number of methoxy groups -OCH3 is 1. The molecular weight excluding hydrogens is 180 g/mol. The lowest BCUT2D eigenvalue weighted by atomic mass is 10.2. The van der Waals surface area contributed by atoms with Gasteiger partial charge in [-0.25, -0.2) is 0 Å². The van der Waals surface area contributed by atoms with Gasteiger partial charge in [-0.3, -0.25) is 4.79 Å². The normalized spacial score (nSPS) is 12.2. The lowest BCUT2D eigenvalue weighted by Gasteiger charge is -2.20. The molecule has 0 aromatic rings. The van der Waals surface area contributed by atoms with E-state index in [0.29, 0.717) is 6.54 Å². The van der Waals surface area contributed by atoms with Gasteiger partial charge in [0.15, 0.2) is 0 Å². The largest absolute Gasteiger partial charge is 0.383 e. The van der Waals surface area contributed by atoms with Gasteiger partial charge >= 0.3 is 0 Å². The number of amides is 1. The van der Waals surface area contributed by atoms with Gasteiger partial charge in [-0.2, -0.15) is 0 Å².